The van der Waals surface area contributed by atoms with Crippen molar-refractivity contribution in [2.45, 2.75) is 24.6 Å². The van der Waals surface area contributed by atoms with Crippen LogP contribution in [0, 0.1) is 0 Å². The van der Waals surface area contributed by atoms with Gasteiger partial charge in [0.1, 0.15) is 5.75 Å². The molecule has 0 aliphatic carbocycles. The molecule has 9 heteroatoms. The van der Waals surface area contributed by atoms with Gasteiger partial charge in [-0.15, -0.1) is 0 Å². The molecule has 3 rings (SSSR count). The number of benzene rings is 1. The van der Waals surface area contributed by atoms with Crippen LogP contribution in [0.2, 0.25) is 5.02 Å². The minimum absolute atomic E-state index is 0.0275. The lowest BCUT2D eigenvalue weighted by atomic mass is 10.2. The van der Waals surface area contributed by atoms with Gasteiger partial charge in [-0.25, -0.2) is 8.42 Å². The Morgan fingerprint density at radius 1 is 1.46 bits per heavy atom. The van der Waals surface area contributed by atoms with Gasteiger partial charge in [0.15, 0.2) is 15.0 Å². The van der Waals surface area contributed by atoms with Crippen LogP contribution in [-0.2, 0) is 14.6 Å². The molecule has 2 aliphatic heterocycles. The number of thioether (sulfide) groups is 1. The highest BCUT2D eigenvalue weighted by atomic mass is 35.5. The van der Waals surface area contributed by atoms with E-state index in [-0.39, 0.29) is 35.1 Å². The van der Waals surface area contributed by atoms with E-state index in [9.17, 15) is 13.2 Å². The zero-order valence-electron chi connectivity index (χ0n) is 13.2. The van der Waals surface area contributed by atoms with E-state index < -0.39 is 9.84 Å². The van der Waals surface area contributed by atoms with Crippen LogP contribution in [0.15, 0.2) is 23.2 Å². The number of nitrogens with zero attached hydrogens (tertiary/aromatic N) is 2. The van der Waals surface area contributed by atoms with Crippen molar-refractivity contribution in [1.29, 1.82) is 0 Å². The first-order valence-electron chi connectivity index (χ1n) is 7.46. The van der Waals surface area contributed by atoms with E-state index in [2.05, 4.69) is 4.99 Å². The van der Waals surface area contributed by atoms with Crippen molar-refractivity contribution in [3.63, 3.8) is 0 Å². The molecule has 6 nitrogen and oxygen atoms in total. The molecule has 0 bridgehead atoms. The van der Waals surface area contributed by atoms with E-state index in [1.165, 1.54) is 18.9 Å². The summed E-state index contributed by atoms with van der Waals surface area (Å²) >= 11 is 7.45. The summed E-state index contributed by atoms with van der Waals surface area (Å²) in [5.74, 6) is 0.425. The number of halogens is 1. The number of methoxy groups -OCH3 is 1. The highest BCUT2D eigenvalue weighted by Gasteiger charge is 2.50. The molecule has 0 aromatic heterocycles. The van der Waals surface area contributed by atoms with Gasteiger partial charge in [-0.2, -0.15) is 4.99 Å². The number of ether oxygens (including phenoxy) is 1. The molecule has 2 saturated heterocycles. The summed E-state index contributed by atoms with van der Waals surface area (Å²) < 4.78 is 29.4. The molecule has 2 atom stereocenters. The predicted molar refractivity (Wildman–Crippen MR) is 97.0 cm³/mol. The number of carbonyl (C=O) groups excluding carboxylic acids is 1. The van der Waals surface area contributed by atoms with Crippen LogP contribution in [0.1, 0.15) is 13.3 Å². The van der Waals surface area contributed by atoms with Crippen LogP contribution in [0.25, 0.3) is 0 Å². The van der Waals surface area contributed by atoms with Gasteiger partial charge in [0.05, 0.1) is 30.3 Å². The van der Waals surface area contributed by atoms with Crippen LogP contribution >= 0.6 is 23.4 Å². The third-order valence-corrected chi connectivity index (χ3v) is 7.43. The summed E-state index contributed by atoms with van der Waals surface area (Å²) in [6.07, 6.45) is 0.290. The molecule has 0 unspecified atom stereocenters. The highest BCUT2D eigenvalue weighted by Crippen LogP contribution is 2.44. The molecule has 0 spiro atoms. The van der Waals surface area contributed by atoms with E-state index in [0.29, 0.717) is 21.6 Å². The van der Waals surface area contributed by atoms with E-state index in [4.69, 9.17) is 16.3 Å². The maximum Gasteiger partial charge on any atom is 0.247 e. The molecular weight excluding hydrogens is 372 g/mol. The average Bonchev–Trinajstić information content (AvgIpc) is 2.97. The van der Waals surface area contributed by atoms with Crippen molar-refractivity contribution in [3.05, 3.63) is 23.2 Å². The topological polar surface area (TPSA) is 76.0 Å². The lowest BCUT2D eigenvalue weighted by Gasteiger charge is -2.26. The van der Waals surface area contributed by atoms with Gasteiger partial charge >= 0.3 is 0 Å². The van der Waals surface area contributed by atoms with E-state index in [1.807, 2.05) is 0 Å². The van der Waals surface area contributed by atoms with E-state index >= 15 is 0 Å². The van der Waals surface area contributed by atoms with E-state index in [1.54, 1.807) is 30.0 Å². The van der Waals surface area contributed by atoms with E-state index in [0.717, 1.165) is 0 Å². The Bertz CT molecular complexity index is 810. The largest absolute Gasteiger partial charge is 0.495 e. The molecule has 2 heterocycles. The van der Waals surface area contributed by atoms with Crippen molar-refractivity contribution in [3.8, 4) is 5.75 Å². The van der Waals surface area contributed by atoms with Crippen molar-refractivity contribution in [1.82, 2.24) is 0 Å². The quantitative estimate of drug-likeness (QED) is 0.791. The first-order valence-corrected chi connectivity index (χ1v) is 10.5. The average molecular weight is 389 g/mol. The standard InChI is InChI=1S/C15H17ClN2O4S2/c1-3-14(19)17-15-18(10-6-9(16)4-5-12(10)22-2)11-7-24(20,21)8-13(11)23-15/h4-6,11,13H,3,7-8H2,1-2H3/t11-,13+/m1/s1. The molecule has 2 fully saturated rings. The summed E-state index contributed by atoms with van der Waals surface area (Å²) in [7, 11) is -1.58. The van der Waals surface area contributed by atoms with Crippen LogP contribution in [-0.4, -0.2) is 49.4 Å². The number of hydrogen-bond acceptors (Lipinski definition) is 5. The fourth-order valence-electron chi connectivity index (χ4n) is 2.88. The lowest BCUT2D eigenvalue weighted by Crippen LogP contribution is -2.38. The molecule has 0 radical (unpaired) electrons. The summed E-state index contributed by atoms with van der Waals surface area (Å²) in [5.41, 5.74) is 0.629. The first kappa shape index (κ1) is 17.6. The Kier molecular flexibility index (Phi) is 4.81. The summed E-state index contributed by atoms with van der Waals surface area (Å²) in [5, 5.41) is 0.857. The second-order valence-corrected chi connectivity index (χ2v) is 9.42. The van der Waals surface area contributed by atoms with Gasteiger partial charge in [0, 0.05) is 16.7 Å². The minimum atomic E-state index is -3.11. The monoisotopic (exact) mass is 388 g/mol. The van der Waals surface area contributed by atoms with Crippen LogP contribution in [0.3, 0.4) is 0 Å². The zero-order valence-corrected chi connectivity index (χ0v) is 15.6. The second kappa shape index (κ2) is 6.57. The second-order valence-electron chi connectivity index (χ2n) is 5.63. The highest BCUT2D eigenvalue weighted by molar-refractivity contribution is 8.16. The number of amides is 1. The normalized spacial score (nSPS) is 26.6. The molecular formula is C15H17ClN2O4S2. The zero-order chi connectivity index (χ0) is 17.5. The fourth-order valence-corrected chi connectivity index (χ4v) is 6.97. The molecule has 1 aromatic rings. The number of hydrogen-bond donors (Lipinski definition) is 0. The number of rotatable bonds is 3. The predicted octanol–water partition coefficient (Wildman–Crippen LogP) is 2.36. The van der Waals surface area contributed by atoms with Gasteiger partial charge in [-0.1, -0.05) is 30.3 Å². The number of aliphatic imine (C=N–C) groups is 1. The van der Waals surface area contributed by atoms with Gasteiger partial charge in [0.2, 0.25) is 5.91 Å². The Balaban J connectivity index is 2.10. The first-order chi connectivity index (χ1) is 11.3. The van der Waals surface area contributed by atoms with Crippen LogP contribution in [0.5, 0.6) is 5.75 Å². The maximum absolute atomic E-state index is 12.0. The lowest BCUT2D eigenvalue weighted by molar-refractivity contribution is -0.117. The molecule has 0 N–H and O–H groups in total. The van der Waals surface area contributed by atoms with Gasteiger partial charge in [0.25, 0.3) is 0 Å². The van der Waals surface area contributed by atoms with Crippen LogP contribution in [0.4, 0.5) is 5.69 Å². The van der Waals surface area contributed by atoms with Gasteiger partial charge in [-0.3, -0.25) is 4.79 Å². The number of anilines is 1. The molecule has 2 aliphatic rings. The Morgan fingerprint density at radius 3 is 2.88 bits per heavy atom. The SMILES string of the molecule is CCC(=O)N=C1S[C@H]2CS(=O)(=O)C[C@H]2N1c1cc(Cl)ccc1OC. The number of carbonyl (C=O) groups is 1. The van der Waals surface area contributed by atoms with Crippen LogP contribution < -0.4 is 9.64 Å². The molecule has 1 amide bonds. The minimum Gasteiger partial charge on any atom is -0.495 e. The van der Waals surface area contributed by atoms with Crippen molar-refractivity contribution in [2.24, 2.45) is 4.99 Å². The molecule has 1 aromatic carbocycles. The van der Waals surface area contributed by atoms with Crippen molar-refractivity contribution < 1.29 is 17.9 Å². The Morgan fingerprint density at radius 2 is 2.21 bits per heavy atom. The molecule has 0 saturated carbocycles. The third kappa shape index (κ3) is 3.27. The fraction of sp³-hybridized carbons (Fsp3) is 0.467. The third-order valence-electron chi connectivity index (χ3n) is 3.99. The maximum atomic E-state index is 12.0. The number of fused-ring (bicyclic) bond motifs is 1. The Labute approximate surface area is 150 Å². The van der Waals surface area contributed by atoms with Gasteiger partial charge in [-0.05, 0) is 18.2 Å². The summed E-state index contributed by atoms with van der Waals surface area (Å²) in [6.45, 7) is 1.74. The van der Waals surface area contributed by atoms with Crippen molar-refractivity contribution in [2.75, 3.05) is 23.5 Å². The number of amidine groups is 1. The Hall–Kier alpha value is -1.25. The summed E-state index contributed by atoms with van der Waals surface area (Å²) in [6, 6.07) is 4.85. The summed E-state index contributed by atoms with van der Waals surface area (Å²) in [4.78, 5) is 17.8. The molecule has 24 heavy (non-hydrogen) atoms. The number of sulfone groups is 1. The smallest absolute Gasteiger partial charge is 0.247 e. The molecule has 130 valence electrons. The van der Waals surface area contributed by atoms with Crippen molar-refractivity contribution >= 4 is 50.0 Å². The van der Waals surface area contributed by atoms with Gasteiger partial charge < -0.3 is 9.64 Å².